The zero-order valence-corrected chi connectivity index (χ0v) is 20.2. The minimum Gasteiger partial charge on any atom is -0.486 e. The summed E-state index contributed by atoms with van der Waals surface area (Å²) in [6.07, 6.45) is 0.964. The quantitative estimate of drug-likeness (QED) is 0.207. The largest absolute Gasteiger partial charge is 0.486 e. The van der Waals surface area contributed by atoms with Gasteiger partial charge >= 0.3 is 0 Å². The van der Waals surface area contributed by atoms with Crippen LogP contribution in [0.2, 0.25) is 10.0 Å². The van der Waals surface area contributed by atoms with Crippen LogP contribution < -0.4 is 10.1 Å². The molecule has 0 saturated heterocycles. The van der Waals surface area contributed by atoms with Crippen LogP contribution in [0.15, 0.2) is 78.0 Å². The Kier molecular flexibility index (Phi) is 8.60. The zero-order valence-electron chi connectivity index (χ0n) is 17.8. The number of hydrogen-bond acceptors (Lipinski definition) is 6. The second-order valence-electron chi connectivity index (χ2n) is 7.25. The van der Waals surface area contributed by atoms with Crippen molar-refractivity contribution in [2.75, 3.05) is 12.3 Å². The van der Waals surface area contributed by atoms with Gasteiger partial charge in [0.15, 0.2) is 5.75 Å². The average Bonchev–Trinajstić information content (AvgIpc) is 3.30. The van der Waals surface area contributed by atoms with Gasteiger partial charge in [0.05, 0.1) is 15.7 Å². The van der Waals surface area contributed by atoms with E-state index in [-0.39, 0.29) is 0 Å². The smallest absolute Gasteiger partial charge is 0.214 e. The number of benzene rings is 3. The molecule has 0 saturated carbocycles. The molecule has 4 rings (SSSR count). The second-order valence-corrected chi connectivity index (χ2v) is 9.13. The molecule has 0 bridgehead atoms. The SMILES string of the molecule is Clc1cc(CNCCCSc2nnnn2-c2ccccc2)cc(Cl)c1OCc1ccccc1. The van der Waals surface area contributed by atoms with Crippen molar-refractivity contribution in [3.8, 4) is 11.4 Å². The third kappa shape index (κ3) is 6.71. The van der Waals surface area contributed by atoms with Crippen LogP contribution >= 0.6 is 35.0 Å². The summed E-state index contributed by atoms with van der Waals surface area (Å²) in [6, 6.07) is 23.6. The molecule has 33 heavy (non-hydrogen) atoms. The standard InChI is InChI=1S/C24H23Cl2N5OS/c25-21-14-19(15-22(26)23(21)32-17-18-8-3-1-4-9-18)16-27-12-7-13-33-24-28-29-30-31(24)20-10-5-2-6-11-20/h1-6,8-11,14-15,27H,7,12-13,16-17H2. The van der Waals surface area contributed by atoms with Gasteiger partial charge in [0.25, 0.3) is 0 Å². The van der Waals surface area contributed by atoms with Crippen LogP contribution in [0.4, 0.5) is 0 Å². The number of aromatic nitrogens is 4. The summed E-state index contributed by atoms with van der Waals surface area (Å²) >= 11 is 14.5. The number of halogens is 2. The third-order valence-electron chi connectivity index (χ3n) is 4.78. The van der Waals surface area contributed by atoms with E-state index in [0.29, 0.717) is 28.9 Å². The highest BCUT2D eigenvalue weighted by atomic mass is 35.5. The molecule has 0 aliphatic heterocycles. The first-order valence-corrected chi connectivity index (χ1v) is 12.3. The summed E-state index contributed by atoms with van der Waals surface area (Å²) in [6.45, 7) is 1.94. The fourth-order valence-corrected chi connectivity index (χ4v) is 4.65. The van der Waals surface area contributed by atoms with Gasteiger partial charge in [0, 0.05) is 12.3 Å². The first-order valence-electron chi connectivity index (χ1n) is 10.5. The van der Waals surface area contributed by atoms with E-state index >= 15 is 0 Å². The third-order valence-corrected chi connectivity index (χ3v) is 6.35. The van der Waals surface area contributed by atoms with E-state index in [0.717, 1.165) is 40.7 Å². The molecular formula is C24H23Cl2N5OS. The zero-order chi connectivity index (χ0) is 22.9. The summed E-state index contributed by atoms with van der Waals surface area (Å²) in [4.78, 5) is 0. The van der Waals surface area contributed by atoms with Gasteiger partial charge in [-0.1, -0.05) is 83.5 Å². The molecule has 0 unspecified atom stereocenters. The summed E-state index contributed by atoms with van der Waals surface area (Å²) in [5.41, 5.74) is 3.02. The van der Waals surface area contributed by atoms with Gasteiger partial charge in [-0.2, -0.15) is 4.68 Å². The molecule has 0 radical (unpaired) electrons. The maximum atomic E-state index is 6.42. The lowest BCUT2D eigenvalue weighted by molar-refractivity contribution is 0.306. The van der Waals surface area contributed by atoms with E-state index in [1.807, 2.05) is 72.8 Å². The van der Waals surface area contributed by atoms with Crippen molar-refractivity contribution in [2.24, 2.45) is 0 Å². The monoisotopic (exact) mass is 499 g/mol. The predicted octanol–water partition coefficient (Wildman–Crippen LogP) is 5.82. The predicted molar refractivity (Wildman–Crippen MR) is 133 cm³/mol. The van der Waals surface area contributed by atoms with Crippen molar-refractivity contribution in [2.45, 2.75) is 24.7 Å². The molecule has 0 fully saturated rings. The number of nitrogens with zero attached hydrogens (tertiary/aromatic N) is 4. The van der Waals surface area contributed by atoms with Crippen molar-refractivity contribution in [1.29, 1.82) is 0 Å². The Morgan fingerprint density at radius 2 is 1.61 bits per heavy atom. The van der Waals surface area contributed by atoms with Crippen molar-refractivity contribution in [3.63, 3.8) is 0 Å². The van der Waals surface area contributed by atoms with Crippen molar-refractivity contribution < 1.29 is 4.74 Å². The van der Waals surface area contributed by atoms with Crippen molar-refractivity contribution in [3.05, 3.63) is 94.0 Å². The maximum absolute atomic E-state index is 6.42. The normalized spacial score (nSPS) is 11.0. The average molecular weight is 500 g/mol. The van der Waals surface area contributed by atoms with Gasteiger partial charge in [0.2, 0.25) is 5.16 Å². The summed E-state index contributed by atoms with van der Waals surface area (Å²) in [5, 5.41) is 17.2. The van der Waals surface area contributed by atoms with Crippen LogP contribution in [-0.4, -0.2) is 32.5 Å². The number of tetrazole rings is 1. The van der Waals surface area contributed by atoms with Crippen molar-refractivity contribution >= 4 is 35.0 Å². The Balaban J connectivity index is 1.21. The van der Waals surface area contributed by atoms with Crippen LogP contribution in [0, 0.1) is 0 Å². The fourth-order valence-electron chi connectivity index (χ4n) is 3.18. The van der Waals surface area contributed by atoms with E-state index in [1.165, 1.54) is 0 Å². The molecule has 1 N–H and O–H groups in total. The Bertz CT molecular complexity index is 1140. The lowest BCUT2D eigenvalue weighted by Crippen LogP contribution is -2.15. The van der Waals surface area contributed by atoms with E-state index in [4.69, 9.17) is 27.9 Å². The highest BCUT2D eigenvalue weighted by Crippen LogP contribution is 2.34. The molecule has 9 heteroatoms. The van der Waals surface area contributed by atoms with Crippen molar-refractivity contribution in [1.82, 2.24) is 25.5 Å². The highest BCUT2D eigenvalue weighted by Gasteiger charge is 2.11. The molecule has 1 aromatic heterocycles. The minimum absolute atomic E-state index is 0.420. The number of rotatable bonds is 11. The Morgan fingerprint density at radius 3 is 2.33 bits per heavy atom. The Hall–Kier alpha value is -2.58. The topological polar surface area (TPSA) is 64.9 Å². The molecule has 170 valence electrons. The molecule has 0 aliphatic rings. The lowest BCUT2D eigenvalue weighted by Gasteiger charge is -2.12. The van der Waals surface area contributed by atoms with Gasteiger partial charge < -0.3 is 10.1 Å². The van der Waals surface area contributed by atoms with E-state index in [9.17, 15) is 0 Å². The molecule has 3 aromatic carbocycles. The summed E-state index contributed by atoms with van der Waals surface area (Å²) in [7, 11) is 0. The molecule has 0 aliphatic carbocycles. The summed E-state index contributed by atoms with van der Waals surface area (Å²) < 4.78 is 7.59. The first-order chi connectivity index (χ1) is 16.2. The van der Waals surface area contributed by atoms with E-state index in [2.05, 4.69) is 20.8 Å². The second kappa shape index (κ2) is 12.0. The molecule has 0 spiro atoms. The number of thioether (sulfide) groups is 1. The van der Waals surface area contributed by atoms with Gasteiger partial charge in [-0.25, -0.2) is 0 Å². The van der Waals surface area contributed by atoms with Crippen LogP contribution in [0.3, 0.4) is 0 Å². The van der Waals surface area contributed by atoms with E-state index in [1.54, 1.807) is 16.4 Å². The van der Waals surface area contributed by atoms with Gasteiger partial charge in [-0.3, -0.25) is 0 Å². The maximum Gasteiger partial charge on any atom is 0.214 e. The minimum atomic E-state index is 0.420. The number of ether oxygens (including phenoxy) is 1. The van der Waals surface area contributed by atoms with Crippen LogP contribution in [0.25, 0.3) is 5.69 Å². The molecule has 0 atom stereocenters. The Labute approximate surface area is 207 Å². The lowest BCUT2D eigenvalue weighted by atomic mass is 10.2. The molecule has 4 aromatic rings. The number of nitrogens with one attached hydrogen (secondary N) is 1. The van der Waals surface area contributed by atoms with Gasteiger partial charge in [-0.05, 0) is 58.8 Å². The Morgan fingerprint density at radius 1 is 0.909 bits per heavy atom. The van der Waals surface area contributed by atoms with Gasteiger partial charge in [0.1, 0.15) is 6.61 Å². The molecular weight excluding hydrogens is 477 g/mol. The number of para-hydroxylation sites is 1. The summed E-state index contributed by atoms with van der Waals surface area (Å²) in [5.74, 6) is 1.41. The molecule has 1 heterocycles. The van der Waals surface area contributed by atoms with Crippen LogP contribution in [0.1, 0.15) is 17.5 Å². The molecule has 6 nitrogen and oxygen atoms in total. The van der Waals surface area contributed by atoms with Crippen LogP contribution in [-0.2, 0) is 13.2 Å². The first kappa shape index (κ1) is 23.6. The fraction of sp³-hybridized carbons (Fsp3) is 0.208. The molecule has 0 amide bonds. The van der Waals surface area contributed by atoms with E-state index < -0.39 is 0 Å². The van der Waals surface area contributed by atoms with Gasteiger partial charge in [-0.15, -0.1) is 5.10 Å². The number of hydrogen-bond donors (Lipinski definition) is 1. The van der Waals surface area contributed by atoms with Crippen LogP contribution in [0.5, 0.6) is 5.75 Å². The highest BCUT2D eigenvalue weighted by molar-refractivity contribution is 7.99.